The molecular weight excluding hydrogens is 278 g/mol. The fourth-order valence-corrected chi connectivity index (χ4v) is 2.56. The molecule has 1 N–H and O–H groups in total. The Kier molecular flexibility index (Phi) is 5.72. The van der Waals surface area contributed by atoms with Gasteiger partial charge in [-0.15, -0.1) is 6.58 Å². The lowest BCUT2D eigenvalue weighted by Crippen LogP contribution is -2.55. The van der Waals surface area contributed by atoms with E-state index in [0.29, 0.717) is 38.3 Å². The average molecular weight is 301 g/mol. The maximum Gasteiger partial charge on any atom is 0.253 e. The van der Waals surface area contributed by atoms with Gasteiger partial charge in [-0.1, -0.05) is 24.3 Å². The van der Waals surface area contributed by atoms with Crippen molar-refractivity contribution in [3.8, 4) is 0 Å². The summed E-state index contributed by atoms with van der Waals surface area (Å²) in [7, 11) is 0. The van der Waals surface area contributed by atoms with Gasteiger partial charge in [0.25, 0.3) is 5.91 Å². The molecule has 1 atom stereocenters. The van der Waals surface area contributed by atoms with Crippen LogP contribution in [0.2, 0.25) is 0 Å². The number of nitrogens with zero attached hydrogens (tertiary/aromatic N) is 2. The number of carbonyl (C=O) groups excluding carboxylic acids is 2. The Hall–Kier alpha value is -2.14. The molecule has 1 aliphatic heterocycles. The van der Waals surface area contributed by atoms with Crippen LogP contribution in [0.4, 0.5) is 0 Å². The highest BCUT2D eigenvalue weighted by Gasteiger charge is 2.27. The molecule has 0 saturated carbocycles. The van der Waals surface area contributed by atoms with Crippen LogP contribution in [0.1, 0.15) is 17.3 Å². The smallest absolute Gasteiger partial charge is 0.253 e. The molecule has 0 aromatic heterocycles. The van der Waals surface area contributed by atoms with Crippen LogP contribution >= 0.6 is 0 Å². The minimum atomic E-state index is -0.186. The fraction of sp³-hybridized carbons (Fsp3) is 0.412. The summed E-state index contributed by atoms with van der Waals surface area (Å²) in [6.07, 6.45) is 1.67. The van der Waals surface area contributed by atoms with Crippen LogP contribution in [0.3, 0.4) is 0 Å². The van der Waals surface area contributed by atoms with E-state index in [1.807, 2.05) is 42.2 Å². The highest BCUT2D eigenvalue weighted by atomic mass is 16.2. The van der Waals surface area contributed by atoms with Crippen LogP contribution in [0.5, 0.6) is 0 Å². The minimum absolute atomic E-state index is 0.00253. The van der Waals surface area contributed by atoms with Gasteiger partial charge in [-0.05, 0) is 19.1 Å². The van der Waals surface area contributed by atoms with Crippen molar-refractivity contribution in [2.75, 3.05) is 32.7 Å². The molecule has 1 heterocycles. The summed E-state index contributed by atoms with van der Waals surface area (Å²) in [5.74, 6) is 0.0618. The number of hydrogen-bond acceptors (Lipinski definition) is 3. The van der Waals surface area contributed by atoms with E-state index < -0.39 is 0 Å². The molecule has 1 aromatic rings. The third-order valence-electron chi connectivity index (χ3n) is 3.97. The first-order valence-electron chi connectivity index (χ1n) is 7.60. The Bertz CT molecular complexity index is 522. The van der Waals surface area contributed by atoms with E-state index in [1.165, 1.54) is 0 Å². The zero-order valence-corrected chi connectivity index (χ0v) is 13.0. The minimum Gasteiger partial charge on any atom is -0.351 e. The van der Waals surface area contributed by atoms with Crippen LogP contribution in [0.15, 0.2) is 43.0 Å². The highest BCUT2D eigenvalue weighted by Crippen LogP contribution is 2.10. The highest BCUT2D eigenvalue weighted by molar-refractivity contribution is 5.94. The second-order valence-corrected chi connectivity index (χ2v) is 5.40. The Labute approximate surface area is 131 Å². The van der Waals surface area contributed by atoms with E-state index >= 15 is 0 Å². The van der Waals surface area contributed by atoms with Gasteiger partial charge in [0.05, 0.1) is 6.04 Å². The van der Waals surface area contributed by atoms with Crippen molar-refractivity contribution in [3.05, 3.63) is 48.6 Å². The molecule has 2 amide bonds. The van der Waals surface area contributed by atoms with Crippen LogP contribution in [-0.2, 0) is 4.79 Å². The molecule has 1 unspecified atom stereocenters. The quantitative estimate of drug-likeness (QED) is 0.830. The van der Waals surface area contributed by atoms with Crippen molar-refractivity contribution in [2.45, 2.75) is 13.0 Å². The summed E-state index contributed by atoms with van der Waals surface area (Å²) in [6.45, 7) is 8.68. The summed E-state index contributed by atoms with van der Waals surface area (Å²) >= 11 is 0. The SMILES string of the molecule is C=CCNC(=O)C(C)N1CCN(C(=O)c2ccccc2)CC1. The molecule has 0 spiro atoms. The maximum atomic E-state index is 12.4. The number of piperazine rings is 1. The second kappa shape index (κ2) is 7.75. The molecule has 1 aromatic carbocycles. The lowest BCUT2D eigenvalue weighted by atomic mass is 10.1. The number of hydrogen-bond donors (Lipinski definition) is 1. The van der Waals surface area contributed by atoms with Gasteiger partial charge in [0.15, 0.2) is 0 Å². The van der Waals surface area contributed by atoms with E-state index in [4.69, 9.17) is 0 Å². The van der Waals surface area contributed by atoms with Gasteiger partial charge >= 0.3 is 0 Å². The lowest BCUT2D eigenvalue weighted by molar-refractivity contribution is -0.126. The average Bonchev–Trinajstić information content (AvgIpc) is 2.59. The topological polar surface area (TPSA) is 52.7 Å². The third kappa shape index (κ3) is 3.95. The van der Waals surface area contributed by atoms with Gasteiger partial charge < -0.3 is 10.2 Å². The lowest BCUT2D eigenvalue weighted by Gasteiger charge is -2.37. The van der Waals surface area contributed by atoms with Gasteiger partial charge in [0.1, 0.15) is 0 Å². The fourth-order valence-electron chi connectivity index (χ4n) is 2.56. The zero-order valence-electron chi connectivity index (χ0n) is 13.0. The van der Waals surface area contributed by atoms with Crippen LogP contribution in [0, 0.1) is 0 Å². The van der Waals surface area contributed by atoms with E-state index in [-0.39, 0.29) is 17.9 Å². The summed E-state index contributed by atoms with van der Waals surface area (Å²) < 4.78 is 0. The molecule has 22 heavy (non-hydrogen) atoms. The van der Waals surface area contributed by atoms with Crippen LogP contribution < -0.4 is 5.32 Å². The van der Waals surface area contributed by atoms with Crippen molar-refractivity contribution in [2.24, 2.45) is 0 Å². The largest absolute Gasteiger partial charge is 0.351 e. The Balaban J connectivity index is 1.86. The normalized spacial score (nSPS) is 16.9. The first-order chi connectivity index (χ1) is 10.6. The summed E-state index contributed by atoms with van der Waals surface area (Å²) in [4.78, 5) is 28.3. The summed E-state index contributed by atoms with van der Waals surface area (Å²) in [6, 6.07) is 9.12. The van der Waals surface area contributed by atoms with Crippen molar-refractivity contribution in [1.29, 1.82) is 0 Å². The van der Waals surface area contributed by atoms with Crippen molar-refractivity contribution < 1.29 is 9.59 Å². The van der Waals surface area contributed by atoms with E-state index in [0.717, 1.165) is 0 Å². The Morgan fingerprint density at radius 2 is 1.86 bits per heavy atom. The predicted molar refractivity (Wildman–Crippen MR) is 86.6 cm³/mol. The Morgan fingerprint density at radius 3 is 2.45 bits per heavy atom. The van der Waals surface area contributed by atoms with Gasteiger partial charge in [-0.25, -0.2) is 0 Å². The van der Waals surface area contributed by atoms with E-state index in [1.54, 1.807) is 6.08 Å². The number of benzene rings is 1. The number of nitrogens with one attached hydrogen (secondary N) is 1. The van der Waals surface area contributed by atoms with Crippen molar-refractivity contribution >= 4 is 11.8 Å². The molecule has 0 radical (unpaired) electrons. The van der Waals surface area contributed by atoms with Crippen molar-refractivity contribution in [3.63, 3.8) is 0 Å². The number of rotatable bonds is 5. The molecule has 0 aliphatic carbocycles. The maximum absolute atomic E-state index is 12.4. The molecule has 5 heteroatoms. The van der Waals surface area contributed by atoms with Crippen LogP contribution in [-0.4, -0.2) is 60.4 Å². The first kappa shape index (κ1) is 16.2. The van der Waals surface area contributed by atoms with Gasteiger partial charge in [-0.3, -0.25) is 14.5 Å². The molecule has 1 fully saturated rings. The molecule has 1 saturated heterocycles. The molecule has 0 bridgehead atoms. The van der Waals surface area contributed by atoms with E-state index in [2.05, 4.69) is 16.8 Å². The molecule has 2 rings (SSSR count). The molecule has 118 valence electrons. The van der Waals surface area contributed by atoms with Crippen molar-refractivity contribution in [1.82, 2.24) is 15.1 Å². The number of amides is 2. The summed E-state index contributed by atoms with van der Waals surface area (Å²) in [5, 5.41) is 2.81. The number of carbonyl (C=O) groups is 2. The molecule has 5 nitrogen and oxygen atoms in total. The molecule has 1 aliphatic rings. The third-order valence-corrected chi connectivity index (χ3v) is 3.97. The standard InChI is InChI=1S/C17H23N3O2/c1-3-9-18-16(21)14(2)19-10-12-20(13-11-19)17(22)15-7-5-4-6-8-15/h3-8,14H,1,9-13H2,2H3,(H,18,21). The van der Waals surface area contributed by atoms with Gasteiger partial charge in [0, 0.05) is 38.3 Å². The second-order valence-electron chi connectivity index (χ2n) is 5.40. The predicted octanol–water partition coefficient (Wildman–Crippen LogP) is 1.14. The zero-order chi connectivity index (χ0) is 15.9. The van der Waals surface area contributed by atoms with Gasteiger partial charge in [-0.2, -0.15) is 0 Å². The van der Waals surface area contributed by atoms with E-state index in [9.17, 15) is 9.59 Å². The van der Waals surface area contributed by atoms with Crippen LogP contribution in [0.25, 0.3) is 0 Å². The first-order valence-corrected chi connectivity index (χ1v) is 7.60. The molecular formula is C17H23N3O2. The monoisotopic (exact) mass is 301 g/mol. The Morgan fingerprint density at radius 1 is 1.23 bits per heavy atom. The van der Waals surface area contributed by atoms with Gasteiger partial charge in [0.2, 0.25) is 5.91 Å². The summed E-state index contributed by atoms with van der Waals surface area (Å²) in [5.41, 5.74) is 0.715.